The minimum atomic E-state index is 0.184. The molecule has 1 aliphatic rings. The third-order valence-electron chi connectivity index (χ3n) is 3.32. The van der Waals surface area contributed by atoms with Crippen molar-refractivity contribution in [1.82, 2.24) is 19.9 Å². The lowest BCUT2D eigenvalue weighted by Crippen LogP contribution is -2.34. The van der Waals surface area contributed by atoms with Crippen LogP contribution in [0.5, 0.6) is 0 Å². The molecule has 1 unspecified atom stereocenters. The number of aryl methyl sites for hydroxylation is 1. The van der Waals surface area contributed by atoms with E-state index in [2.05, 4.69) is 33.7 Å². The number of pyridine rings is 1. The molecule has 0 aromatic carbocycles. The van der Waals surface area contributed by atoms with Gasteiger partial charge in [0.1, 0.15) is 12.1 Å². The van der Waals surface area contributed by atoms with E-state index < -0.39 is 0 Å². The average molecular weight is 247 g/mol. The second kappa shape index (κ2) is 4.55. The van der Waals surface area contributed by atoms with Crippen LogP contribution in [0.15, 0.2) is 18.5 Å². The number of hydrogen-bond donors (Lipinski definition) is 2. The normalized spacial score (nSPS) is 23.7. The average Bonchev–Trinajstić information content (AvgIpc) is 2.96. The largest absolute Gasteiger partial charge is 0.378 e. The fourth-order valence-corrected chi connectivity index (χ4v) is 2.40. The number of ether oxygens (including phenoxy) is 1. The molecule has 0 aliphatic carbocycles. The molecule has 18 heavy (non-hydrogen) atoms. The van der Waals surface area contributed by atoms with Gasteiger partial charge < -0.3 is 15.4 Å². The zero-order chi connectivity index (χ0) is 12.5. The van der Waals surface area contributed by atoms with Crippen molar-refractivity contribution in [3.05, 3.63) is 24.0 Å². The highest BCUT2D eigenvalue weighted by Gasteiger charge is 2.27. The third-order valence-corrected chi connectivity index (χ3v) is 3.32. The number of aromatic nitrogens is 3. The van der Waals surface area contributed by atoms with E-state index >= 15 is 0 Å². The first kappa shape index (κ1) is 11.4. The van der Waals surface area contributed by atoms with Gasteiger partial charge >= 0.3 is 0 Å². The van der Waals surface area contributed by atoms with E-state index in [4.69, 9.17) is 4.74 Å². The van der Waals surface area contributed by atoms with E-state index in [1.807, 2.05) is 10.6 Å². The second-order valence-electron chi connectivity index (χ2n) is 4.63. The lowest BCUT2D eigenvalue weighted by molar-refractivity contribution is 0.111. The monoisotopic (exact) mass is 247 g/mol. The first-order valence-corrected chi connectivity index (χ1v) is 6.08. The van der Waals surface area contributed by atoms with Crippen LogP contribution in [0.4, 0.5) is 5.82 Å². The number of methoxy groups -OCH3 is 1. The van der Waals surface area contributed by atoms with E-state index in [1.54, 1.807) is 13.4 Å². The molecule has 3 rings (SSSR count). The number of nitrogens with one attached hydrogen (secondary N) is 2. The highest BCUT2D eigenvalue weighted by atomic mass is 16.5. The summed E-state index contributed by atoms with van der Waals surface area (Å²) in [5.74, 6) is 0.957. The molecule has 6 heteroatoms. The topological polar surface area (TPSA) is 63.5 Å². The van der Waals surface area contributed by atoms with Crippen molar-refractivity contribution in [3.8, 4) is 0 Å². The molecule has 2 aromatic heterocycles. The Kier molecular flexibility index (Phi) is 2.89. The lowest BCUT2D eigenvalue weighted by Gasteiger charge is -2.20. The van der Waals surface area contributed by atoms with Crippen LogP contribution in [0.3, 0.4) is 0 Å². The van der Waals surface area contributed by atoms with Crippen molar-refractivity contribution in [2.75, 3.05) is 25.5 Å². The smallest absolute Gasteiger partial charge is 0.157 e. The van der Waals surface area contributed by atoms with Crippen LogP contribution in [0.1, 0.15) is 5.56 Å². The van der Waals surface area contributed by atoms with Gasteiger partial charge in [0.25, 0.3) is 0 Å². The summed E-state index contributed by atoms with van der Waals surface area (Å²) in [5.41, 5.74) is 2.02. The number of hydrogen-bond acceptors (Lipinski definition) is 5. The predicted molar refractivity (Wildman–Crippen MR) is 68.8 cm³/mol. The van der Waals surface area contributed by atoms with Crippen LogP contribution < -0.4 is 10.6 Å². The fraction of sp³-hybridized carbons (Fsp3) is 0.500. The maximum Gasteiger partial charge on any atom is 0.157 e. The predicted octanol–water partition coefficient (Wildman–Crippen LogP) is 0.436. The van der Waals surface area contributed by atoms with Gasteiger partial charge in [-0.1, -0.05) is 0 Å². The number of fused-ring (bicyclic) bond motifs is 1. The van der Waals surface area contributed by atoms with E-state index in [-0.39, 0.29) is 12.1 Å². The zero-order valence-electron chi connectivity index (χ0n) is 10.6. The summed E-state index contributed by atoms with van der Waals surface area (Å²) in [5, 5.41) is 11.0. The van der Waals surface area contributed by atoms with Crippen molar-refractivity contribution in [2.24, 2.45) is 0 Å². The standard InChI is InChI=1S/C12H17N5O/c1-8-3-11-14-7-15-17(11)12(4-8)16-9-5-13-6-10(9)18-2/h3-4,7,9-10,13,16H,5-6H2,1-2H3/t9?,10-/m0/s1. The molecule has 6 nitrogen and oxygen atoms in total. The molecule has 0 radical (unpaired) electrons. The first-order valence-electron chi connectivity index (χ1n) is 6.08. The molecule has 2 N–H and O–H groups in total. The van der Waals surface area contributed by atoms with E-state index in [1.165, 1.54) is 0 Å². The van der Waals surface area contributed by atoms with Crippen LogP contribution in [0, 0.1) is 6.92 Å². The summed E-state index contributed by atoms with van der Waals surface area (Å²) in [7, 11) is 1.74. The Bertz CT molecular complexity index is 552. The summed E-state index contributed by atoms with van der Waals surface area (Å²) >= 11 is 0. The number of anilines is 1. The second-order valence-corrected chi connectivity index (χ2v) is 4.63. The van der Waals surface area contributed by atoms with Gasteiger partial charge in [0.05, 0.1) is 12.1 Å². The molecule has 2 aromatic rings. The van der Waals surface area contributed by atoms with Gasteiger partial charge in [0, 0.05) is 20.2 Å². The summed E-state index contributed by atoms with van der Waals surface area (Å²) < 4.78 is 7.27. The highest BCUT2D eigenvalue weighted by molar-refractivity contribution is 5.52. The molecule has 0 saturated carbocycles. The van der Waals surface area contributed by atoms with E-state index in [0.717, 1.165) is 30.1 Å². The number of nitrogens with zero attached hydrogens (tertiary/aromatic N) is 3. The number of rotatable bonds is 3. The van der Waals surface area contributed by atoms with Crippen LogP contribution in [-0.4, -0.2) is 46.9 Å². The van der Waals surface area contributed by atoms with Crippen molar-refractivity contribution in [1.29, 1.82) is 0 Å². The Balaban J connectivity index is 1.92. The minimum Gasteiger partial charge on any atom is -0.378 e. The van der Waals surface area contributed by atoms with Gasteiger partial charge in [0.15, 0.2) is 5.65 Å². The van der Waals surface area contributed by atoms with Gasteiger partial charge in [-0.3, -0.25) is 0 Å². The van der Waals surface area contributed by atoms with Gasteiger partial charge in [-0.05, 0) is 24.6 Å². The quantitative estimate of drug-likeness (QED) is 0.824. The minimum absolute atomic E-state index is 0.184. The SMILES string of the molecule is CO[C@H]1CNCC1Nc1cc(C)cc2ncnn12. The molecule has 1 fully saturated rings. The molecule has 0 bridgehead atoms. The zero-order valence-corrected chi connectivity index (χ0v) is 10.6. The van der Waals surface area contributed by atoms with E-state index in [9.17, 15) is 0 Å². The third kappa shape index (κ3) is 1.93. The molecule has 3 heterocycles. The van der Waals surface area contributed by atoms with Gasteiger partial charge in [-0.2, -0.15) is 9.61 Å². The molecule has 96 valence electrons. The Morgan fingerprint density at radius 1 is 1.44 bits per heavy atom. The molecule has 2 atom stereocenters. The van der Waals surface area contributed by atoms with Gasteiger partial charge in [-0.15, -0.1) is 0 Å². The van der Waals surface area contributed by atoms with Crippen molar-refractivity contribution in [3.63, 3.8) is 0 Å². The van der Waals surface area contributed by atoms with Crippen molar-refractivity contribution in [2.45, 2.75) is 19.1 Å². The van der Waals surface area contributed by atoms with Crippen LogP contribution in [0.2, 0.25) is 0 Å². The Morgan fingerprint density at radius 2 is 2.33 bits per heavy atom. The summed E-state index contributed by atoms with van der Waals surface area (Å²) in [6.45, 7) is 3.82. The Hall–Kier alpha value is -1.66. The molecule has 0 spiro atoms. The summed E-state index contributed by atoms with van der Waals surface area (Å²) in [6.07, 6.45) is 1.75. The molecular weight excluding hydrogens is 230 g/mol. The maximum absolute atomic E-state index is 5.45. The Labute approximate surface area is 105 Å². The van der Waals surface area contributed by atoms with Crippen LogP contribution in [-0.2, 0) is 4.74 Å². The fourth-order valence-electron chi connectivity index (χ4n) is 2.40. The highest BCUT2D eigenvalue weighted by Crippen LogP contribution is 2.16. The molecular formula is C12H17N5O. The summed E-state index contributed by atoms with van der Waals surface area (Å²) in [6, 6.07) is 4.34. The van der Waals surface area contributed by atoms with Crippen molar-refractivity contribution >= 4 is 11.5 Å². The summed E-state index contributed by atoms with van der Waals surface area (Å²) in [4.78, 5) is 4.22. The van der Waals surface area contributed by atoms with Crippen LogP contribution in [0.25, 0.3) is 5.65 Å². The van der Waals surface area contributed by atoms with Crippen molar-refractivity contribution < 1.29 is 4.74 Å². The lowest BCUT2D eigenvalue weighted by atomic mass is 10.2. The van der Waals surface area contributed by atoms with E-state index in [0.29, 0.717) is 0 Å². The molecule has 1 aliphatic heterocycles. The first-order chi connectivity index (χ1) is 8.78. The molecule has 0 amide bonds. The van der Waals surface area contributed by atoms with Gasteiger partial charge in [0.2, 0.25) is 0 Å². The maximum atomic E-state index is 5.45. The van der Waals surface area contributed by atoms with Crippen LogP contribution >= 0.6 is 0 Å². The molecule has 1 saturated heterocycles. The van der Waals surface area contributed by atoms with Gasteiger partial charge in [-0.25, -0.2) is 4.98 Å². The Morgan fingerprint density at radius 3 is 3.17 bits per heavy atom.